The van der Waals surface area contributed by atoms with Gasteiger partial charge in [0.25, 0.3) is 0 Å². The zero-order valence-corrected chi connectivity index (χ0v) is 22.9. The predicted octanol–water partition coefficient (Wildman–Crippen LogP) is 3.20. The van der Waals surface area contributed by atoms with Crippen LogP contribution in [0.5, 0.6) is 0 Å². The average Bonchev–Trinajstić information content (AvgIpc) is 3.06. The highest BCUT2D eigenvalue weighted by atomic mass is 35.5. The zero-order valence-electron chi connectivity index (χ0n) is 21.3. The number of carbonyl (C=O) groups is 2. The molecule has 0 amide bonds. The maximum Gasteiger partial charge on any atom is 0.190 e. The molecule has 0 saturated heterocycles. The van der Waals surface area contributed by atoms with E-state index in [4.69, 9.17) is 23.2 Å². The molecule has 3 saturated carbocycles. The molecule has 0 aromatic rings. The number of hydrogen-bond donors (Lipinski definition) is 3. The molecule has 0 spiro atoms. The van der Waals surface area contributed by atoms with E-state index < -0.39 is 29.5 Å². The van der Waals surface area contributed by atoms with Gasteiger partial charge in [-0.25, -0.2) is 0 Å². The second-order valence-corrected chi connectivity index (χ2v) is 12.2. The number of nitrogens with zero attached hydrogens (tertiary/aromatic N) is 1. The molecule has 0 aromatic carbocycles. The Morgan fingerprint density at radius 3 is 2.43 bits per heavy atom. The van der Waals surface area contributed by atoms with E-state index in [0.717, 1.165) is 31.5 Å². The first-order valence-electron chi connectivity index (χ1n) is 12.7. The molecule has 0 aliphatic heterocycles. The zero-order chi connectivity index (χ0) is 26.2. The summed E-state index contributed by atoms with van der Waals surface area (Å²) in [6, 6.07) is 0. The van der Waals surface area contributed by atoms with Crippen molar-refractivity contribution in [1.29, 1.82) is 0 Å². The second kappa shape index (κ2) is 10.9. The van der Waals surface area contributed by atoms with Crippen molar-refractivity contribution in [3.8, 4) is 0 Å². The van der Waals surface area contributed by atoms with Gasteiger partial charge in [0.15, 0.2) is 11.6 Å². The van der Waals surface area contributed by atoms with E-state index in [9.17, 15) is 24.9 Å². The molecule has 0 unspecified atom stereocenters. The van der Waals surface area contributed by atoms with Gasteiger partial charge < -0.3 is 20.2 Å². The van der Waals surface area contributed by atoms with Crippen LogP contribution in [0.4, 0.5) is 0 Å². The number of halogens is 2. The molecule has 8 heteroatoms. The summed E-state index contributed by atoms with van der Waals surface area (Å²) >= 11 is 10.9. The fourth-order valence-electron chi connectivity index (χ4n) is 7.74. The summed E-state index contributed by atoms with van der Waals surface area (Å²) in [5.74, 6) is 1.30. The molecular weight excluding hydrogens is 489 g/mol. The molecule has 3 fully saturated rings. The van der Waals surface area contributed by atoms with Crippen LogP contribution in [0.25, 0.3) is 0 Å². The van der Waals surface area contributed by atoms with Crippen LogP contribution in [-0.4, -0.2) is 82.0 Å². The standard InChI is InChI=1S/C22H30O5.C5H11Cl2N/c1-12-8-14-15-5-7-22(27,18(26)11-23)21(15,3)10-17(25)19(14)20(2)6-4-13(24)9-16(12)20;1-8(4-2-6)5-3-7/h4,6,9,12,14-15,17,19,23,25,27H,5,7-8,10-11H2,1-3H3;2-5H2,1H3/t12-,14-,15-,17-,19+,20-,21-,22-;/m0./s1. The van der Waals surface area contributed by atoms with Gasteiger partial charge in [-0.1, -0.05) is 32.4 Å². The topological polar surface area (TPSA) is 98.1 Å². The molecule has 4 rings (SSSR count). The van der Waals surface area contributed by atoms with Crippen LogP contribution >= 0.6 is 23.2 Å². The Hall–Kier alpha value is -0.760. The van der Waals surface area contributed by atoms with Crippen molar-refractivity contribution in [3.05, 3.63) is 23.8 Å². The van der Waals surface area contributed by atoms with E-state index in [1.807, 2.05) is 20.0 Å². The Morgan fingerprint density at radius 2 is 1.86 bits per heavy atom. The van der Waals surface area contributed by atoms with Crippen molar-refractivity contribution in [2.75, 3.05) is 38.5 Å². The number of ketones is 2. The van der Waals surface area contributed by atoms with E-state index in [2.05, 4.69) is 18.7 Å². The van der Waals surface area contributed by atoms with Crippen molar-refractivity contribution in [3.63, 3.8) is 0 Å². The summed E-state index contributed by atoms with van der Waals surface area (Å²) in [5, 5.41) is 31.9. The molecule has 0 aromatic heterocycles. The Labute approximate surface area is 219 Å². The average molecular weight is 531 g/mol. The number of alkyl halides is 2. The normalized spacial score (nSPS) is 41.9. The number of fused-ring (bicyclic) bond motifs is 5. The lowest BCUT2D eigenvalue weighted by Gasteiger charge is -2.60. The molecule has 6 nitrogen and oxygen atoms in total. The number of aliphatic hydroxyl groups excluding tert-OH is 2. The molecule has 3 N–H and O–H groups in total. The van der Waals surface area contributed by atoms with E-state index in [1.165, 1.54) is 0 Å². The van der Waals surface area contributed by atoms with Gasteiger partial charge in [-0.2, -0.15) is 0 Å². The summed E-state index contributed by atoms with van der Waals surface area (Å²) in [6.07, 6.45) is 6.87. The van der Waals surface area contributed by atoms with Crippen molar-refractivity contribution in [2.24, 2.45) is 34.5 Å². The van der Waals surface area contributed by atoms with E-state index in [0.29, 0.717) is 24.6 Å². The molecule has 4 aliphatic rings. The van der Waals surface area contributed by atoms with Crippen LogP contribution in [0.3, 0.4) is 0 Å². The third kappa shape index (κ3) is 4.92. The summed E-state index contributed by atoms with van der Waals surface area (Å²) < 4.78 is 0. The number of allylic oxidation sites excluding steroid dienone is 4. The number of aliphatic hydroxyl groups is 3. The quantitative estimate of drug-likeness (QED) is 0.457. The first-order chi connectivity index (χ1) is 16.4. The number of rotatable bonds is 6. The summed E-state index contributed by atoms with van der Waals surface area (Å²) in [7, 11) is 2.00. The maximum absolute atomic E-state index is 12.4. The first kappa shape index (κ1) is 28.8. The maximum atomic E-state index is 12.4. The lowest BCUT2D eigenvalue weighted by Crippen LogP contribution is -2.62. The fraction of sp³-hybridized carbons (Fsp3) is 0.778. The summed E-state index contributed by atoms with van der Waals surface area (Å²) in [4.78, 5) is 26.5. The predicted molar refractivity (Wildman–Crippen MR) is 139 cm³/mol. The van der Waals surface area contributed by atoms with Crippen LogP contribution in [0.2, 0.25) is 0 Å². The van der Waals surface area contributed by atoms with E-state index in [1.54, 1.807) is 12.2 Å². The van der Waals surface area contributed by atoms with Crippen LogP contribution < -0.4 is 0 Å². The minimum Gasteiger partial charge on any atom is -0.393 e. The Kier molecular flexibility index (Phi) is 8.99. The van der Waals surface area contributed by atoms with Crippen LogP contribution in [0, 0.1) is 34.5 Å². The minimum atomic E-state index is -1.57. The molecule has 0 bridgehead atoms. The Balaban J connectivity index is 0.000000371. The Bertz CT molecular complexity index is 872. The van der Waals surface area contributed by atoms with Gasteiger partial charge in [-0.05, 0) is 62.6 Å². The van der Waals surface area contributed by atoms with Gasteiger partial charge in [0.2, 0.25) is 0 Å². The minimum absolute atomic E-state index is 0.00620. The second-order valence-electron chi connectivity index (χ2n) is 11.4. The summed E-state index contributed by atoms with van der Waals surface area (Å²) in [6.45, 7) is 7.33. The van der Waals surface area contributed by atoms with Crippen molar-refractivity contribution >= 4 is 34.8 Å². The van der Waals surface area contributed by atoms with Crippen molar-refractivity contribution in [2.45, 2.75) is 58.2 Å². The highest BCUT2D eigenvalue weighted by Crippen LogP contribution is 2.67. The molecule has 0 heterocycles. The highest BCUT2D eigenvalue weighted by molar-refractivity contribution is 6.18. The third-order valence-electron chi connectivity index (χ3n) is 9.51. The van der Waals surface area contributed by atoms with E-state index in [-0.39, 0.29) is 34.9 Å². The van der Waals surface area contributed by atoms with E-state index >= 15 is 0 Å². The summed E-state index contributed by atoms with van der Waals surface area (Å²) in [5.41, 5.74) is -1.59. The number of Topliss-reactive ketones (excluding diaryl/α,β-unsaturated/α-hetero) is 1. The number of carbonyl (C=O) groups excluding carboxylic acids is 2. The monoisotopic (exact) mass is 529 g/mol. The van der Waals surface area contributed by atoms with Crippen LogP contribution in [0.1, 0.15) is 46.5 Å². The van der Waals surface area contributed by atoms with Gasteiger partial charge in [0.05, 0.1) is 6.10 Å². The van der Waals surface area contributed by atoms with Gasteiger partial charge in [-0.15, -0.1) is 23.2 Å². The molecule has 4 aliphatic carbocycles. The Morgan fingerprint density at radius 1 is 1.23 bits per heavy atom. The third-order valence-corrected chi connectivity index (χ3v) is 9.84. The van der Waals surface area contributed by atoms with Gasteiger partial charge >= 0.3 is 0 Å². The largest absolute Gasteiger partial charge is 0.393 e. The lowest BCUT2D eigenvalue weighted by molar-refractivity contribution is -0.180. The fourth-order valence-corrected chi connectivity index (χ4v) is 8.32. The lowest BCUT2D eigenvalue weighted by atomic mass is 9.45. The smallest absolute Gasteiger partial charge is 0.190 e. The van der Waals surface area contributed by atoms with Gasteiger partial charge in [0, 0.05) is 41.6 Å². The van der Waals surface area contributed by atoms with Gasteiger partial charge in [-0.3, -0.25) is 9.59 Å². The molecule has 8 atom stereocenters. The SMILES string of the molecule is CN(CCCl)CCCl.C[C@H]1C[C@@H]2[C@H]([C@@H](O)C[C@@]3(C)[C@H]2CC[C@]3(O)C(=O)CO)[C@@]2(C)C=CC(=O)C=C12. The molecule has 198 valence electrons. The van der Waals surface area contributed by atoms with Crippen LogP contribution in [-0.2, 0) is 9.59 Å². The molecular formula is C27H41Cl2NO5. The highest BCUT2D eigenvalue weighted by Gasteiger charge is 2.68. The van der Waals surface area contributed by atoms with Crippen molar-refractivity contribution < 1.29 is 24.9 Å². The first-order valence-corrected chi connectivity index (χ1v) is 13.8. The van der Waals surface area contributed by atoms with Crippen LogP contribution in [0.15, 0.2) is 23.8 Å². The molecule has 35 heavy (non-hydrogen) atoms. The number of hydrogen-bond acceptors (Lipinski definition) is 6. The van der Waals surface area contributed by atoms with Gasteiger partial charge in [0.1, 0.15) is 12.2 Å². The molecule has 0 radical (unpaired) electrons. The van der Waals surface area contributed by atoms with Crippen molar-refractivity contribution in [1.82, 2.24) is 4.90 Å².